The fourth-order valence-corrected chi connectivity index (χ4v) is 0.805. The van der Waals surface area contributed by atoms with Gasteiger partial charge in [0.15, 0.2) is 0 Å². The molecular weight excluding hydrogens is 388 g/mol. The molecule has 0 aliphatic rings. The minimum absolute atomic E-state index is 2.44. The van der Waals surface area contributed by atoms with Gasteiger partial charge in [-0.3, -0.25) is 0 Å². The number of hydrogen-bond donors (Lipinski definition) is 0. The summed E-state index contributed by atoms with van der Waals surface area (Å²) in [6.07, 6.45) is -23.1. The average molecular weight is 390 g/mol. The van der Waals surface area contributed by atoms with Crippen molar-refractivity contribution in [3.05, 3.63) is 0 Å². The number of alkyl halides is 12. The molecule has 0 aromatic rings. The van der Waals surface area contributed by atoms with E-state index in [1.165, 1.54) is 0 Å². The number of carbonyl (C=O) groups excluding carboxylic acids is 2. The zero-order valence-corrected chi connectivity index (χ0v) is 10.3. The highest BCUT2D eigenvalue weighted by atomic mass is 19.4. The van der Waals surface area contributed by atoms with E-state index in [0.717, 1.165) is 0 Å². The maximum atomic E-state index is 12.6. The monoisotopic (exact) mass is 390 g/mol. The molecule has 0 aromatic heterocycles. The molecule has 0 saturated carbocycles. The van der Waals surface area contributed by atoms with Crippen LogP contribution in [-0.4, -0.2) is 48.5 Å². The van der Waals surface area contributed by atoms with Crippen LogP contribution in [0.2, 0.25) is 0 Å². The lowest BCUT2D eigenvalue weighted by molar-refractivity contribution is -0.311. The van der Waals surface area contributed by atoms with Gasteiger partial charge in [0.25, 0.3) is 12.3 Å². The molecule has 2 unspecified atom stereocenters. The summed E-state index contributed by atoms with van der Waals surface area (Å²) in [5.41, 5.74) is 0. The maximum absolute atomic E-state index is 12.6. The highest BCUT2D eigenvalue weighted by molar-refractivity contribution is 5.81. The Labute approximate surface area is 122 Å². The first-order valence-corrected chi connectivity index (χ1v) is 4.96. The molecule has 0 rings (SSSR count). The van der Waals surface area contributed by atoms with Gasteiger partial charge < -0.3 is 0 Å². The van der Waals surface area contributed by atoms with Crippen molar-refractivity contribution >= 4 is 11.9 Å². The molecule has 0 spiro atoms. The Morgan fingerprint density at radius 2 is 0.792 bits per heavy atom. The normalized spacial score (nSPS) is 16.3. The second kappa shape index (κ2) is 6.54. The maximum Gasteiger partial charge on any atom is 0.427 e. The minimum atomic E-state index is -6.34. The molecule has 142 valence electrons. The Morgan fingerprint density at radius 1 is 0.583 bits per heavy atom. The van der Waals surface area contributed by atoms with Gasteiger partial charge in [0, 0.05) is 0 Å². The van der Waals surface area contributed by atoms with Gasteiger partial charge >= 0.3 is 36.1 Å². The van der Waals surface area contributed by atoms with Crippen molar-refractivity contribution in [1.29, 1.82) is 0 Å². The van der Waals surface area contributed by atoms with E-state index < -0.39 is 48.5 Å². The van der Waals surface area contributed by atoms with Gasteiger partial charge in [0.1, 0.15) is 0 Å². The van der Waals surface area contributed by atoms with Crippen LogP contribution in [0.1, 0.15) is 0 Å². The quantitative estimate of drug-likeness (QED) is 0.421. The highest BCUT2D eigenvalue weighted by Gasteiger charge is 2.65. The van der Waals surface area contributed by atoms with Gasteiger partial charge in [-0.1, -0.05) is 0 Å². The molecule has 0 heterocycles. The van der Waals surface area contributed by atoms with E-state index in [2.05, 4.69) is 9.78 Å². The lowest BCUT2D eigenvalue weighted by atomic mass is 10.2. The molecule has 24 heavy (non-hydrogen) atoms. The van der Waals surface area contributed by atoms with Crippen LogP contribution < -0.4 is 0 Å². The van der Waals surface area contributed by atoms with E-state index in [1.54, 1.807) is 0 Å². The molecular formula is C8H2F12O4. The van der Waals surface area contributed by atoms with Crippen LogP contribution in [0, 0.1) is 0 Å². The van der Waals surface area contributed by atoms with E-state index in [1.807, 2.05) is 0 Å². The molecule has 0 N–H and O–H groups in total. The standard InChI is InChI=1S/C8H2F12O4/c9-1(7(15,16)17)5(11,12)3(21)23-24-4(22)6(13,14)2(10)8(18,19)20/h1-2H. The molecule has 0 aromatic carbocycles. The fourth-order valence-electron chi connectivity index (χ4n) is 0.805. The number of carbonyl (C=O) groups is 2. The fraction of sp³-hybridized carbons (Fsp3) is 0.750. The van der Waals surface area contributed by atoms with Crippen LogP contribution in [0.3, 0.4) is 0 Å². The van der Waals surface area contributed by atoms with Gasteiger partial charge in [-0.2, -0.15) is 43.9 Å². The minimum Gasteiger partial charge on any atom is -0.240 e. The van der Waals surface area contributed by atoms with Gasteiger partial charge in [0.2, 0.25) is 0 Å². The van der Waals surface area contributed by atoms with Crippen molar-refractivity contribution in [2.45, 2.75) is 36.5 Å². The van der Waals surface area contributed by atoms with Crippen molar-refractivity contribution in [2.24, 2.45) is 0 Å². The summed E-state index contributed by atoms with van der Waals surface area (Å²) in [5, 5.41) is 0. The van der Waals surface area contributed by atoms with E-state index in [4.69, 9.17) is 0 Å². The summed E-state index contributed by atoms with van der Waals surface area (Å²) in [6, 6.07) is 0. The smallest absolute Gasteiger partial charge is 0.240 e. The molecule has 0 fully saturated rings. The van der Waals surface area contributed by atoms with Crippen LogP contribution >= 0.6 is 0 Å². The van der Waals surface area contributed by atoms with E-state index in [9.17, 15) is 62.3 Å². The first kappa shape index (κ1) is 22.1. The second-order valence-corrected chi connectivity index (χ2v) is 3.80. The summed E-state index contributed by atoms with van der Waals surface area (Å²) in [5.74, 6) is -19.6. The predicted octanol–water partition coefficient (Wildman–Crippen LogP) is 3.06. The summed E-state index contributed by atoms with van der Waals surface area (Å²) in [6.45, 7) is 0. The highest BCUT2D eigenvalue weighted by Crippen LogP contribution is 2.37. The van der Waals surface area contributed by atoms with Crippen LogP contribution in [0.15, 0.2) is 0 Å². The number of rotatable bonds is 4. The molecule has 0 aliphatic heterocycles. The summed E-state index contributed by atoms with van der Waals surface area (Å²) in [7, 11) is 0. The Balaban J connectivity index is 5.03. The molecule has 0 aliphatic carbocycles. The Hall–Kier alpha value is -1.90. The zero-order valence-electron chi connectivity index (χ0n) is 10.3. The average Bonchev–Trinajstić information content (AvgIpc) is 2.40. The molecule has 16 heteroatoms. The third-order valence-corrected chi connectivity index (χ3v) is 1.95. The van der Waals surface area contributed by atoms with Crippen LogP contribution in [-0.2, 0) is 19.4 Å². The van der Waals surface area contributed by atoms with Crippen molar-refractivity contribution in [3.8, 4) is 0 Å². The Morgan fingerprint density at radius 3 is 0.958 bits per heavy atom. The predicted molar refractivity (Wildman–Crippen MR) is 44.0 cm³/mol. The first-order valence-electron chi connectivity index (χ1n) is 4.96. The summed E-state index contributed by atoms with van der Waals surface area (Å²) in [4.78, 5) is 25.7. The second-order valence-electron chi connectivity index (χ2n) is 3.80. The number of halogens is 12. The third kappa shape index (κ3) is 4.80. The van der Waals surface area contributed by atoms with Crippen LogP contribution in [0.5, 0.6) is 0 Å². The van der Waals surface area contributed by atoms with Crippen molar-refractivity contribution < 1.29 is 72.0 Å². The largest absolute Gasteiger partial charge is 0.427 e. The Kier molecular flexibility index (Phi) is 6.02. The van der Waals surface area contributed by atoms with Gasteiger partial charge in [-0.15, -0.1) is 0 Å². The lowest BCUT2D eigenvalue weighted by Gasteiger charge is -2.21. The molecule has 0 bridgehead atoms. The summed E-state index contributed by atoms with van der Waals surface area (Å²) < 4.78 is 145. The molecule has 2 atom stereocenters. The van der Waals surface area contributed by atoms with Gasteiger partial charge in [-0.25, -0.2) is 28.1 Å². The molecule has 0 radical (unpaired) electrons. The van der Waals surface area contributed by atoms with Gasteiger partial charge in [0.05, 0.1) is 0 Å². The van der Waals surface area contributed by atoms with E-state index >= 15 is 0 Å². The molecule has 0 amide bonds. The van der Waals surface area contributed by atoms with Crippen molar-refractivity contribution in [2.75, 3.05) is 0 Å². The Bertz CT molecular complexity index is 436. The van der Waals surface area contributed by atoms with E-state index in [0.29, 0.717) is 0 Å². The number of hydrogen-bond acceptors (Lipinski definition) is 4. The molecule has 0 saturated heterocycles. The van der Waals surface area contributed by atoms with Crippen molar-refractivity contribution in [3.63, 3.8) is 0 Å². The van der Waals surface area contributed by atoms with Crippen LogP contribution in [0.25, 0.3) is 0 Å². The van der Waals surface area contributed by atoms with Crippen molar-refractivity contribution in [1.82, 2.24) is 0 Å². The SMILES string of the molecule is O=C(OOC(=O)C(F)(F)C(F)C(F)(F)F)C(F)(F)C(F)C(F)(F)F. The van der Waals surface area contributed by atoms with E-state index in [-0.39, 0.29) is 0 Å². The third-order valence-electron chi connectivity index (χ3n) is 1.95. The summed E-state index contributed by atoms with van der Waals surface area (Å²) >= 11 is 0. The molecule has 4 nitrogen and oxygen atoms in total. The first-order chi connectivity index (χ1) is 10.4. The van der Waals surface area contributed by atoms with Crippen LogP contribution in [0.4, 0.5) is 52.7 Å². The van der Waals surface area contributed by atoms with Gasteiger partial charge in [-0.05, 0) is 0 Å². The zero-order chi connectivity index (χ0) is 19.7. The lowest BCUT2D eigenvalue weighted by Crippen LogP contribution is -2.50. The topological polar surface area (TPSA) is 52.6 Å².